The minimum absolute atomic E-state index is 0.0709. The minimum atomic E-state index is -0.527. The Labute approximate surface area is 103 Å². The molecule has 0 aliphatic heterocycles. The van der Waals surface area contributed by atoms with E-state index in [1.165, 1.54) is 0 Å². The van der Waals surface area contributed by atoms with Crippen LogP contribution in [0, 0.1) is 11.3 Å². The zero-order chi connectivity index (χ0) is 13.3. The standard InChI is InChI=1S/C13H23NO3/c1-12(2,3)17-11(16)14-8-10(15)6-9-7-13(9,4)5/h9H,6-8H2,1-5H3,(H,14,16). The number of ether oxygens (including phenoxy) is 1. The van der Waals surface area contributed by atoms with Crippen LogP contribution in [0.25, 0.3) is 0 Å². The SMILES string of the molecule is CC(C)(C)OC(=O)NCC(=O)CC1CC1(C)C. The highest BCUT2D eigenvalue weighted by atomic mass is 16.6. The van der Waals surface area contributed by atoms with Gasteiger partial charge in [-0.2, -0.15) is 0 Å². The third-order valence-corrected chi connectivity index (χ3v) is 3.02. The van der Waals surface area contributed by atoms with E-state index in [4.69, 9.17) is 4.74 Å². The van der Waals surface area contributed by atoms with Crippen molar-refractivity contribution < 1.29 is 14.3 Å². The molecule has 4 nitrogen and oxygen atoms in total. The number of rotatable bonds is 4. The van der Waals surface area contributed by atoms with Gasteiger partial charge in [-0.3, -0.25) is 4.79 Å². The van der Waals surface area contributed by atoms with Gasteiger partial charge in [-0.25, -0.2) is 4.79 Å². The molecule has 0 bridgehead atoms. The lowest BCUT2D eigenvalue weighted by molar-refractivity contribution is -0.118. The summed E-state index contributed by atoms with van der Waals surface area (Å²) in [5, 5.41) is 2.49. The molecule has 1 amide bonds. The fraction of sp³-hybridized carbons (Fsp3) is 0.846. The van der Waals surface area contributed by atoms with Gasteiger partial charge in [0, 0.05) is 6.42 Å². The molecule has 4 heteroatoms. The Kier molecular flexibility index (Phi) is 3.84. The zero-order valence-corrected chi connectivity index (χ0v) is 11.4. The van der Waals surface area contributed by atoms with Crippen molar-refractivity contribution in [3.63, 3.8) is 0 Å². The lowest BCUT2D eigenvalue weighted by Gasteiger charge is -2.19. The van der Waals surface area contributed by atoms with Crippen molar-refractivity contribution in [2.24, 2.45) is 11.3 Å². The van der Waals surface area contributed by atoms with Gasteiger partial charge in [0.25, 0.3) is 0 Å². The van der Waals surface area contributed by atoms with Crippen molar-refractivity contribution >= 4 is 11.9 Å². The monoisotopic (exact) mass is 241 g/mol. The van der Waals surface area contributed by atoms with E-state index in [0.29, 0.717) is 17.8 Å². The highest BCUT2D eigenvalue weighted by Crippen LogP contribution is 2.53. The highest BCUT2D eigenvalue weighted by molar-refractivity contribution is 5.84. The second-order valence-electron chi connectivity index (χ2n) is 6.49. The molecule has 0 saturated heterocycles. The Balaban J connectivity index is 2.18. The second kappa shape index (κ2) is 4.67. The predicted molar refractivity (Wildman–Crippen MR) is 65.7 cm³/mol. The number of carbonyl (C=O) groups excluding carboxylic acids is 2. The molecule has 0 heterocycles. The lowest BCUT2D eigenvalue weighted by atomic mass is 10.1. The molecule has 0 radical (unpaired) electrons. The van der Waals surface area contributed by atoms with Gasteiger partial charge in [0.05, 0.1) is 6.54 Å². The largest absolute Gasteiger partial charge is 0.444 e. The molecule has 1 rings (SSSR count). The summed E-state index contributed by atoms with van der Waals surface area (Å²) in [6, 6.07) is 0. The summed E-state index contributed by atoms with van der Waals surface area (Å²) in [6.45, 7) is 9.77. The predicted octanol–water partition coefficient (Wildman–Crippen LogP) is 2.52. The number of hydrogen-bond donors (Lipinski definition) is 1. The van der Waals surface area contributed by atoms with Crippen LogP contribution in [0.2, 0.25) is 0 Å². The highest BCUT2D eigenvalue weighted by Gasteiger charge is 2.46. The first-order chi connectivity index (χ1) is 7.60. The lowest BCUT2D eigenvalue weighted by Crippen LogP contribution is -2.35. The molecular weight excluding hydrogens is 218 g/mol. The van der Waals surface area contributed by atoms with Crippen LogP contribution in [0.4, 0.5) is 4.79 Å². The molecule has 0 aromatic rings. The number of alkyl carbamates (subject to hydrolysis) is 1. The Morgan fingerprint density at radius 1 is 1.35 bits per heavy atom. The Morgan fingerprint density at radius 2 is 1.88 bits per heavy atom. The van der Waals surface area contributed by atoms with E-state index in [1.807, 2.05) is 0 Å². The van der Waals surface area contributed by atoms with E-state index in [9.17, 15) is 9.59 Å². The number of ketones is 1. The molecule has 1 fully saturated rings. The second-order valence-corrected chi connectivity index (χ2v) is 6.49. The first-order valence-corrected chi connectivity index (χ1v) is 6.09. The molecule has 1 aliphatic carbocycles. The molecule has 0 spiro atoms. The molecule has 98 valence electrons. The Bertz CT molecular complexity index is 315. The molecular formula is C13H23NO3. The van der Waals surface area contributed by atoms with Crippen LogP contribution in [0.5, 0.6) is 0 Å². The van der Waals surface area contributed by atoms with Gasteiger partial charge in [0.2, 0.25) is 0 Å². The quantitative estimate of drug-likeness (QED) is 0.822. The fourth-order valence-corrected chi connectivity index (χ4v) is 1.76. The van der Waals surface area contributed by atoms with Crippen LogP contribution in [0.15, 0.2) is 0 Å². The molecule has 1 aliphatic rings. The van der Waals surface area contributed by atoms with Crippen LogP contribution >= 0.6 is 0 Å². The van der Waals surface area contributed by atoms with E-state index in [-0.39, 0.29) is 12.3 Å². The van der Waals surface area contributed by atoms with Crippen molar-refractivity contribution in [1.82, 2.24) is 5.32 Å². The molecule has 1 saturated carbocycles. The van der Waals surface area contributed by atoms with Gasteiger partial charge >= 0.3 is 6.09 Å². The third kappa shape index (κ3) is 5.20. The van der Waals surface area contributed by atoms with Gasteiger partial charge in [-0.15, -0.1) is 0 Å². The van der Waals surface area contributed by atoms with Crippen molar-refractivity contribution in [1.29, 1.82) is 0 Å². The fourth-order valence-electron chi connectivity index (χ4n) is 1.76. The van der Waals surface area contributed by atoms with Crippen molar-refractivity contribution in [2.75, 3.05) is 6.54 Å². The molecule has 0 aromatic heterocycles. The summed E-state index contributed by atoms with van der Waals surface area (Å²) >= 11 is 0. The molecule has 17 heavy (non-hydrogen) atoms. The average molecular weight is 241 g/mol. The maximum absolute atomic E-state index is 11.6. The summed E-state index contributed by atoms with van der Waals surface area (Å²) in [7, 11) is 0. The molecule has 1 N–H and O–H groups in total. The van der Waals surface area contributed by atoms with Crippen LogP contribution < -0.4 is 5.32 Å². The topological polar surface area (TPSA) is 55.4 Å². The summed E-state index contributed by atoms with van der Waals surface area (Å²) in [4.78, 5) is 22.9. The summed E-state index contributed by atoms with van der Waals surface area (Å²) in [5.41, 5.74) is -0.215. The van der Waals surface area contributed by atoms with E-state index < -0.39 is 11.7 Å². The summed E-state index contributed by atoms with van der Waals surface area (Å²) in [6.07, 6.45) is 1.13. The molecule has 1 unspecified atom stereocenters. The number of Topliss-reactive ketones (excluding diaryl/α,β-unsaturated/α-hetero) is 1. The zero-order valence-electron chi connectivity index (χ0n) is 11.4. The first-order valence-electron chi connectivity index (χ1n) is 6.09. The third-order valence-electron chi connectivity index (χ3n) is 3.02. The van der Waals surface area contributed by atoms with Crippen molar-refractivity contribution in [3.05, 3.63) is 0 Å². The van der Waals surface area contributed by atoms with Gasteiger partial charge in [0.15, 0.2) is 5.78 Å². The van der Waals surface area contributed by atoms with Crippen LogP contribution in [-0.2, 0) is 9.53 Å². The molecule has 0 aromatic carbocycles. The Hall–Kier alpha value is -1.06. The number of carbonyl (C=O) groups is 2. The normalized spacial score (nSPS) is 21.8. The van der Waals surface area contributed by atoms with Gasteiger partial charge in [-0.1, -0.05) is 13.8 Å². The maximum atomic E-state index is 11.6. The van der Waals surface area contributed by atoms with E-state index >= 15 is 0 Å². The Morgan fingerprint density at radius 3 is 2.29 bits per heavy atom. The maximum Gasteiger partial charge on any atom is 0.408 e. The van der Waals surface area contributed by atoms with E-state index in [0.717, 1.165) is 6.42 Å². The minimum Gasteiger partial charge on any atom is -0.444 e. The number of amides is 1. The van der Waals surface area contributed by atoms with Crippen molar-refractivity contribution in [3.8, 4) is 0 Å². The first kappa shape index (κ1) is 14.0. The van der Waals surface area contributed by atoms with E-state index in [1.54, 1.807) is 20.8 Å². The molecule has 1 atom stereocenters. The van der Waals surface area contributed by atoms with E-state index in [2.05, 4.69) is 19.2 Å². The number of nitrogens with one attached hydrogen (secondary N) is 1. The van der Waals surface area contributed by atoms with Crippen LogP contribution in [0.3, 0.4) is 0 Å². The van der Waals surface area contributed by atoms with Crippen LogP contribution in [0.1, 0.15) is 47.5 Å². The average Bonchev–Trinajstić information content (AvgIpc) is 2.67. The van der Waals surface area contributed by atoms with Crippen LogP contribution in [-0.4, -0.2) is 24.0 Å². The number of hydrogen-bond acceptors (Lipinski definition) is 3. The smallest absolute Gasteiger partial charge is 0.408 e. The summed E-state index contributed by atoms with van der Waals surface area (Å²) in [5.74, 6) is 0.557. The van der Waals surface area contributed by atoms with Crippen molar-refractivity contribution in [2.45, 2.75) is 53.1 Å². The van der Waals surface area contributed by atoms with Gasteiger partial charge < -0.3 is 10.1 Å². The van der Waals surface area contributed by atoms with Gasteiger partial charge in [-0.05, 0) is 38.5 Å². The summed E-state index contributed by atoms with van der Waals surface area (Å²) < 4.78 is 5.05. The van der Waals surface area contributed by atoms with Gasteiger partial charge in [0.1, 0.15) is 5.60 Å².